The molecule has 3 atom stereocenters. The zero-order valence-corrected chi connectivity index (χ0v) is 15.7. The predicted molar refractivity (Wildman–Crippen MR) is 91.3 cm³/mol. The minimum atomic E-state index is -0.954. The maximum atomic E-state index is 12.5. The van der Waals surface area contributed by atoms with E-state index in [-0.39, 0.29) is 24.9 Å². The van der Waals surface area contributed by atoms with Gasteiger partial charge in [0.15, 0.2) is 0 Å². The van der Waals surface area contributed by atoms with Crippen molar-refractivity contribution in [3.63, 3.8) is 0 Å². The van der Waals surface area contributed by atoms with Crippen molar-refractivity contribution in [1.82, 2.24) is 5.32 Å². The first kappa shape index (κ1) is 22.9. The largest absolute Gasteiger partial charge is 0.461 e. The van der Waals surface area contributed by atoms with Gasteiger partial charge in [-0.15, -0.1) is 0 Å². The van der Waals surface area contributed by atoms with Gasteiger partial charge in [0.25, 0.3) is 0 Å². The molecule has 0 saturated carbocycles. The minimum Gasteiger partial charge on any atom is -0.461 e. The van der Waals surface area contributed by atoms with Gasteiger partial charge in [0, 0.05) is 13.0 Å². The summed E-state index contributed by atoms with van der Waals surface area (Å²) in [4.78, 5) is 39.2. The van der Waals surface area contributed by atoms with Gasteiger partial charge in [0.05, 0.1) is 16.4 Å². The number of hydrogen-bond acceptors (Lipinski definition) is 6. The molecular formula is C17H30N3O5+. The van der Waals surface area contributed by atoms with Gasteiger partial charge >= 0.3 is 12.2 Å². The molecule has 0 rings (SSSR count). The second kappa shape index (κ2) is 12.3. The molecule has 0 heterocycles. The quantitative estimate of drug-likeness (QED) is 0.238. The lowest BCUT2D eigenvalue weighted by Gasteiger charge is -2.25. The van der Waals surface area contributed by atoms with Crippen LogP contribution in [0.15, 0.2) is 0 Å². The van der Waals surface area contributed by atoms with Gasteiger partial charge in [-0.3, -0.25) is 9.59 Å². The number of carbonyl (C=O) groups is 3. The van der Waals surface area contributed by atoms with E-state index in [4.69, 9.17) is 15.0 Å². The van der Waals surface area contributed by atoms with Crippen LogP contribution >= 0.6 is 0 Å². The number of rotatable bonds is 12. The van der Waals surface area contributed by atoms with E-state index in [9.17, 15) is 14.4 Å². The third-order valence-electron chi connectivity index (χ3n) is 3.61. The first-order valence-electron chi connectivity index (χ1n) is 8.61. The normalized spacial score (nSPS) is 14.2. The van der Waals surface area contributed by atoms with Crippen molar-refractivity contribution in [1.29, 1.82) is 5.53 Å². The number of nitrogens with zero attached hydrogens (tertiary/aromatic N) is 1. The number of ether oxygens (including phenoxy) is 2. The molecule has 142 valence electrons. The summed E-state index contributed by atoms with van der Waals surface area (Å²) < 4.78 is 10.7. The molecule has 2 N–H and O–H groups in total. The molecule has 0 radical (unpaired) electrons. The number of carbonyl (C=O) groups excluding carboxylic acids is 3. The van der Waals surface area contributed by atoms with Crippen LogP contribution < -0.4 is 5.32 Å². The third kappa shape index (κ3) is 9.12. The molecule has 0 aromatic carbocycles. The molecule has 25 heavy (non-hydrogen) atoms. The monoisotopic (exact) mass is 356 g/mol. The summed E-state index contributed by atoms with van der Waals surface area (Å²) in [6.45, 7) is 9.44. The second-order valence-electron chi connectivity index (χ2n) is 6.07. The van der Waals surface area contributed by atoms with Crippen LogP contribution in [0.2, 0.25) is 0 Å². The summed E-state index contributed by atoms with van der Waals surface area (Å²) >= 11 is 0. The van der Waals surface area contributed by atoms with Gasteiger partial charge in [-0.2, -0.15) is 0 Å². The SMILES string of the molecule is CCO[C@H](C(=O)N[C@@H](CCC(=O)C=[N+]=N)C(=O)OC(C)C)C(C)CC. The minimum absolute atomic E-state index is 0.0150. The molecule has 1 amide bonds. The van der Waals surface area contributed by atoms with Gasteiger partial charge in [-0.25, -0.2) is 4.79 Å². The number of ketones is 1. The van der Waals surface area contributed by atoms with Crippen molar-refractivity contribution in [2.24, 2.45) is 5.92 Å². The topological polar surface area (TPSA) is 120 Å². The number of hydrogen-bond donors (Lipinski definition) is 2. The Morgan fingerprint density at radius 1 is 1.20 bits per heavy atom. The standard InChI is InChI=1S/C17H29N3O5/c1-6-12(5)15(24-7-2)16(22)20-14(17(23)25-11(3)4)9-8-13(21)10-19-18/h10-12,14-15,18H,6-9H2,1-5H3/p+1/t12?,14-,15-/m0/s1. The van der Waals surface area contributed by atoms with E-state index in [2.05, 4.69) is 10.1 Å². The molecule has 0 aliphatic rings. The van der Waals surface area contributed by atoms with Crippen molar-refractivity contribution in [2.75, 3.05) is 6.61 Å². The molecule has 0 aromatic heterocycles. The highest BCUT2D eigenvalue weighted by Gasteiger charge is 2.30. The second-order valence-corrected chi connectivity index (χ2v) is 6.07. The Bertz CT molecular complexity index is 501. The molecular weight excluding hydrogens is 326 g/mol. The number of amides is 1. The van der Waals surface area contributed by atoms with Crippen LogP contribution in [0.5, 0.6) is 0 Å². The summed E-state index contributed by atoms with van der Waals surface area (Å²) in [6.07, 6.45) is 0.654. The van der Waals surface area contributed by atoms with Crippen LogP contribution in [0.1, 0.15) is 53.9 Å². The van der Waals surface area contributed by atoms with Crippen molar-refractivity contribution >= 4 is 23.9 Å². The number of Topliss-reactive ketones (excluding diaryl/α,β-unsaturated/α-hetero) is 1. The highest BCUT2D eigenvalue weighted by Crippen LogP contribution is 2.13. The van der Waals surface area contributed by atoms with E-state index in [1.54, 1.807) is 20.8 Å². The lowest BCUT2D eigenvalue weighted by atomic mass is 10.00. The summed E-state index contributed by atoms with van der Waals surface area (Å²) in [7, 11) is 0. The molecule has 0 bridgehead atoms. The summed E-state index contributed by atoms with van der Waals surface area (Å²) in [5.41, 5.74) is 6.65. The third-order valence-corrected chi connectivity index (χ3v) is 3.61. The first-order chi connectivity index (χ1) is 11.8. The van der Waals surface area contributed by atoms with Crippen LogP contribution in [-0.4, -0.2) is 53.5 Å². The fourth-order valence-electron chi connectivity index (χ4n) is 2.13. The van der Waals surface area contributed by atoms with E-state index >= 15 is 0 Å². The predicted octanol–water partition coefficient (Wildman–Crippen LogP) is 1.53. The molecule has 0 saturated heterocycles. The van der Waals surface area contributed by atoms with E-state index in [1.165, 1.54) is 0 Å². The summed E-state index contributed by atoms with van der Waals surface area (Å²) in [5.74, 6) is -1.41. The Balaban J connectivity index is 5.10. The molecule has 0 spiro atoms. The van der Waals surface area contributed by atoms with Crippen LogP contribution in [0.4, 0.5) is 0 Å². The zero-order valence-electron chi connectivity index (χ0n) is 15.7. The van der Waals surface area contributed by atoms with Gasteiger partial charge < -0.3 is 14.8 Å². The molecule has 0 aromatic rings. The van der Waals surface area contributed by atoms with Crippen molar-refractivity contribution in [2.45, 2.75) is 72.1 Å². The smallest absolute Gasteiger partial charge is 0.372 e. The lowest BCUT2D eigenvalue weighted by Crippen LogP contribution is -2.49. The van der Waals surface area contributed by atoms with E-state index in [0.717, 1.165) is 12.6 Å². The van der Waals surface area contributed by atoms with E-state index < -0.39 is 29.8 Å². The Labute approximate surface area is 148 Å². The average molecular weight is 356 g/mol. The lowest BCUT2D eigenvalue weighted by molar-refractivity contribution is -0.153. The molecule has 8 nitrogen and oxygen atoms in total. The Kier molecular flexibility index (Phi) is 11.3. The molecule has 0 aliphatic carbocycles. The maximum absolute atomic E-state index is 12.5. The highest BCUT2D eigenvalue weighted by molar-refractivity contribution is 6.25. The van der Waals surface area contributed by atoms with Gasteiger partial charge in [0.2, 0.25) is 11.7 Å². The van der Waals surface area contributed by atoms with Crippen LogP contribution in [0.3, 0.4) is 0 Å². The maximum Gasteiger partial charge on any atom is 0.372 e. The molecule has 1 unspecified atom stereocenters. The van der Waals surface area contributed by atoms with Crippen molar-refractivity contribution < 1.29 is 28.6 Å². The Morgan fingerprint density at radius 2 is 1.84 bits per heavy atom. The van der Waals surface area contributed by atoms with Gasteiger partial charge in [-0.05, 0) is 33.1 Å². The average Bonchev–Trinajstić information content (AvgIpc) is 2.54. The van der Waals surface area contributed by atoms with Crippen molar-refractivity contribution in [3.8, 4) is 0 Å². The fourth-order valence-corrected chi connectivity index (χ4v) is 2.13. The van der Waals surface area contributed by atoms with Crippen molar-refractivity contribution in [3.05, 3.63) is 0 Å². The Hall–Kier alpha value is -2.05. The first-order valence-corrected chi connectivity index (χ1v) is 8.61. The fraction of sp³-hybridized carbons (Fsp3) is 0.765. The number of esters is 1. The van der Waals surface area contributed by atoms with E-state index in [1.807, 2.05) is 13.8 Å². The molecule has 0 fully saturated rings. The van der Waals surface area contributed by atoms with Crippen LogP contribution in [0, 0.1) is 11.4 Å². The molecule has 8 heteroatoms. The Morgan fingerprint density at radius 3 is 2.32 bits per heavy atom. The summed E-state index contributed by atoms with van der Waals surface area (Å²) in [5, 5.41) is 2.64. The van der Waals surface area contributed by atoms with E-state index in [0.29, 0.717) is 6.61 Å². The summed E-state index contributed by atoms with van der Waals surface area (Å²) in [6, 6.07) is -0.954. The van der Waals surface area contributed by atoms with Gasteiger partial charge in [0.1, 0.15) is 12.1 Å². The highest BCUT2D eigenvalue weighted by atomic mass is 16.5. The van der Waals surface area contributed by atoms with Gasteiger partial charge in [-0.1, -0.05) is 20.3 Å². The van der Waals surface area contributed by atoms with Crippen LogP contribution in [-0.2, 0) is 23.9 Å². The molecule has 0 aliphatic heterocycles. The zero-order chi connectivity index (χ0) is 19.4. The number of nitrogens with one attached hydrogen (secondary N) is 2. The van der Waals surface area contributed by atoms with Crippen LogP contribution in [0.25, 0.3) is 0 Å².